The molecule has 0 aliphatic carbocycles. The van der Waals surface area contributed by atoms with Gasteiger partial charge in [0.25, 0.3) is 0 Å². The lowest BCUT2D eigenvalue weighted by molar-refractivity contribution is 0.934. The van der Waals surface area contributed by atoms with Crippen LogP contribution in [0.3, 0.4) is 0 Å². The summed E-state index contributed by atoms with van der Waals surface area (Å²) in [6, 6.07) is 12.2. The lowest BCUT2D eigenvalue weighted by Gasteiger charge is -2.14. The third kappa shape index (κ3) is 3.48. The Labute approximate surface area is 117 Å². The van der Waals surface area contributed by atoms with E-state index >= 15 is 0 Å². The van der Waals surface area contributed by atoms with Crippen molar-refractivity contribution in [2.75, 3.05) is 6.54 Å². The Morgan fingerprint density at radius 2 is 1.94 bits per heavy atom. The summed E-state index contributed by atoms with van der Waals surface area (Å²) in [6.45, 7) is 2.66. The predicted octanol–water partition coefficient (Wildman–Crippen LogP) is 3.84. The van der Waals surface area contributed by atoms with E-state index in [1.165, 1.54) is 11.1 Å². The summed E-state index contributed by atoms with van der Waals surface area (Å²) in [7, 11) is 0. The highest BCUT2D eigenvalue weighted by Crippen LogP contribution is 2.33. The number of pyridine rings is 1. The van der Waals surface area contributed by atoms with Gasteiger partial charge in [0.1, 0.15) is 0 Å². The summed E-state index contributed by atoms with van der Waals surface area (Å²) in [5.41, 5.74) is 8.33. The molecule has 18 heavy (non-hydrogen) atoms. The highest BCUT2D eigenvalue weighted by atomic mass is 35.5. The number of nitrogens with two attached hydrogens (primary N) is 1. The lowest BCUT2D eigenvalue weighted by Crippen LogP contribution is -2.09. The number of aryl methyl sites for hydroxylation is 1. The molecular formula is C14H15ClN2S. The van der Waals surface area contributed by atoms with Gasteiger partial charge in [0.2, 0.25) is 0 Å². The monoisotopic (exact) mass is 278 g/mol. The number of benzene rings is 1. The van der Waals surface area contributed by atoms with Crippen LogP contribution in [0.25, 0.3) is 0 Å². The first-order valence-electron chi connectivity index (χ1n) is 5.74. The zero-order valence-electron chi connectivity index (χ0n) is 10.1. The first-order chi connectivity index (χ1) is 8.69. The van der Waals surface area contributed by atoms with Crippen molar-refractivity contribution in [3.63, 3.8) is 0 Å². The number of halogens is 1. The van der Waals surface area contributed by atoms with Gasteiger partial charge in [-0.3, -0.25) is 0 Å². The standard InChI is InChI=1S/C14H15ClN2S/c1-10-2-4-11(5-3-10)13(8-16)18-14-7-6-12(15)9-17-14/h2-7,9,13H,8,16H2,1H3. The Bertz CT molecular complexity index is 496. The maximum atomic E-state index is 5.85. The topological polar surface area (TPSA) is 38.9 Å². The molecule has 2 N–H and O–H groups in total. The number of aromatic nitrogens is 1. The molecule has 2 aromatic rings. The minimum atomic E-state index is 0.222. The van der Waals surface area contributed by atoms with Crippen LogP contribution >= 0.6 is 23.4 Å². The maximum Gasteiger partial charge on any atom is 0.0967 e. The molecule has 4 heteroatoms. The second-order valence-corrected chi connectivity index (χ2v) is 5.73. The Morgan fingerprint density at radius 1 is 1.22 bits per heavy atom. The van der Waals surface area contributed by atoms with Gasteiger partial charge in [0.15, 0.2) is 0 Å². The molecule has 0 saturated heterocycles. The highest BCUT2D eigenvalue weighted by molar-refractivity contribution is 7.99. The van der Waals surface area contributed by atoms with E-state index in [0.29, 0.717) is 11.6 Å². The normalized spacial score (nSPS) is 12.4. The van der Waals surface area contributed by atoms with Crippen LogP contribution in [0, 0.1) is 6.92 Å². The summed E-state index contributed by atoms with van der Waals surface area (Å²) in [5.74, 6) is 0. The summed E-state index contributed by atoms with van der Waals surface area (Å²) in [4.78, 5) is 4.28. The average molecular weight is 279 g/mol. The average Bonchev–Trinajstić information content (AvgIpc) is 2.39. The first-order valence-corrected chi connectivity index (χ1v) is 6.99. The van der Waals surface area contributed by atoms with E-state index in [9.17, 15) is 0 Å². The van der Waals surface area contributed by atoms with E-state index in [1.807, 2.05) is 12.1 Å². The van der Waals surface area contributed by atoms with Gasteiger partial charge in [0, 0.05) is 18.0 Å². The van der Waals surface area contributed by atoms with Gasteiger partial charge in [0.05, 0.1) is 10.0 Å². The fourth-order valence-electron chi connectivity index (χ4n) is 1.61. The van der Waals surface area contributed by atoms with Crippen LogP contribution in [0.15, 0.2) is 47.6 Å². The second kappa shape index (κ2) is 6.23. The van der Waals surface area contributed by atoms with Gasteiger partial charge >= 0.3 is 0 Å². The van der Waals surface area contributed by atoms with Crippen LogP contribution in [0.4, 0.5) is 0 Å². The van der Waals surface area contributed by atoms with E-state index in [4.69, 9.17) is 17.3 Å². The van der Waals surface area contributed by atoms with E-state index < -0.39 is 0 Å². The molecule has 2 rings (SSSR count). The number of hydrogen-bond donors (Lipinski definition) is 1. The van der Waals surface area contributed by atoms with Crippen molar-refractivity contribution in [2.24, 2.45) is 5.73 Å². The maximum absolute atomic E-state index is 5.85. The molecule has 0 fully saturated rings. The minimum absolute atomic E-state index is 0.222. The van der Waals surface area contributed by atoms with Crippen molar-refractivity contribution in [2.45, 2.75) is 17.2 Å². The first kappa shape index (κ1) is 13.4. The molecule has 94 valence electrons. The molecule has 0 saturated carbocycles. The molecular weight excluding hydrogens is 264 g/mol. The zero-order valence-corrected chi connectivity index (χ0v) is 11.7. The van der Waals surface area contributed by atoms with E-state index in [1.54, 1.807) is 18.0 Å². The molecule has 0 radical (unpaired) electrons. The number of thioether (sulfide) groups is 1. The number of rotatable bonds is 4. The Balaban J connectivity index is 2.14. The fraction of sp³-hybridized carbons (Fsp3) is 0.214. The van der Waals surface area contributed by atoms with Gasteiger partial charge in [-0.15, -0.1) is 0 Å². The van der Waals surface area contributed by atoms with Gasteiger partial charge in [-0.05, 0) is 24.6 Å². The third-order valence-electron chi connectivity index (χ3n) is 2.63. The summed E-state index contributed by atoms with van der Waals surface area (Å²) >= 11 is 7.48. The Hall–Kier alpha value is -1.03. The van der Waals surface area contributed by atoms with Gasteiger partial charge in [-0.2, -0.15) is 0 Å². The molecule has 1 heterocycles. The van der Waals surface area contributed by atoms with Crippen LogP contribution in [0.2, 0.25) is 5.02 Å². The predicted molar refractivity (Wildman–Crippen MR) is 78.1 cm³/mol. The van der Waals surface area contributed by atoms with E-state index in [-0.39, 0.29) is 5.25 Å². The SMILES string of the molecule is Cc1ccc(C(CN)Sc2ccc(Cl)cn2)cc1. The zero-order chi connectivity index (χ0) is 13.0. The lowest BCUT2D eigenvalue weighted by atomic mass is 10.1. The highest BCUT2D eigenvalue weighted by Gasteiger charge is 2.11. The van der Waals surface area contributed by atoms with Crippen LogP contribution in [-0.2, 0) is 0 Å². The summed E-state index contributed by atoms with van der Waals surface area (Å²) in [6.07, 6.45) is 1.66. The Morgan fingerprint density at radius 3 is 2.50 bits per heavy atom. The summed E-state index contributed by atoms with van der Waals surface area (Å²) < 4.78 is 0. The van der Waals surface area contributed by atoms with Gasteiger partial charge in [-0.1, -0.05) is 53.2 Å². The van der Waals surface area contributed by atoms with Crippen molar-refractivity contribution in [1.82, 2.24) is 4.98 Å². The van der Waals surface area contributed by atoms with Crippen LogP contribution in [0.5, 0.6) is 0 Å². The van der Waals surface area contributed by atoms with Crippen molar-refractivity contribution in [3.8, 4) is 0 Å². The molecule has 1 atom stereocenters. The molecule has 1 unspecified atom stereocenters. The van der Waals surface area contributed by atoms with Crippen LogP contribution < -0.4 is 5.73 Å². The Kier molecular flexibility index (Phi) is 4.64. The molecule has 0 bridgehead atoms. The van der Waals surface area contributed by atoms with E-state index in [2.05, 4.69) is 36.2 Å². The second-order valence-electron chi connectivity index (χ2n) is 4.07. The van der Waals surface area contributed by atoms with Crippen molar-refractivity contribution in [3.05, 3.63) is 58.7 Å². The smallest absolute Gasteiger partial charge is 0.0967 e. The molecule has 0 amide bonds. The molecule has 2 nitrogen and oxygen atoms in total. The molecule has 0 spiro atoms. The van der Waals surface area contributed by atoms with Gasteiger partial charge in [-0.25, -0.2) is 4.98 Å². The van der Waals surface area contributed by atoms with E-state index in [0.717, 1.165) is 5.03 Å². The largest absolute Gasteiger partial charge is 0.329 e. The molecule has 1 aromatic carbocycles. The van der Waals surface area contributed by atoms with Crippen molar-refractivity contribution < 1.29 is 0 Å². The number of nitrogens with zero attached hydrogens (tertiary/aromatic N) is 1. The van der Waals surface area contributed by atoms with Crippen molar-refractivity contribution >= 4 is 23.4 Å². The van der Waals surface area contributed by atoms with Gasteiger partial charge < -0.3 is 5.73 Å². The van der Waals surface area contributed by atoms with Crippen LogP contribution in [0.1, 0.15) is 16.4 Å². The molecule has 0 aliphatic rings. The quantitative estimate of drug-likeness (QED) is 0.864. The third-order valence-corrected chi connectivity index (χ3v) is 4.08. The van der Waals surface area contributed by atoms with Crippen molar-refractivity contribution in [1.29, 1.82) is 0 Å². The fourth-order valence-corrected chi connectivity index (χ4v) is 2.66. The van der Waals surface area contributed by atoms with Crippen LogP contribution in [-0.4, -0.2) is 11.5 Å². The minimum Gasteiger partial charge on any atom is -0.329 e. The molecule has 0 aliphatic heterocycles. The molecule has 1 aromatic heterocycles. The number of hydrogen-bond acceptors (Lipinski definition) is 3. The summed E-state index contributed by atoms with van der Waals surface area (Å²) in [5, 5.41) is 1.81.